The summed E-state index contributed by atoms with van der Waals surface area (Å²) in [5, 5.41) is 9.02. The van der Waals surface area contributed by atoms with Crippen LogP contribution in [0.3, 0.4) is 0 Å². The zero-order valence-corrected chi connectivity index (χ0v) is 12.2. The Labute approximate surface area is 107 Å². The Morgan fingerprint density at radius 3 is 2.29 bits per heavy atom. The molecule has 0 spiro atoms. The lowest BCUT2D eigenvalue weighted by Crippen LogP contribution is -2.38. The molecule has 0 radical (unpaired) electrons. The third-order valence-electron chi connectivity index (χ3n) is 4.32. The van der Waals surface area contributed by atoms with Gasteiger partial charge in [0.15, 0.2) is 0 Å². The molecule has 0 N–H and O–H groups in total. The van der Waals surface area contributed by atoms with Crippen molar-refractivity contribution in [1.29, 1.82) is 5.26 Å². The van der Waals surface area contributed by atoms with Crippen molar-refractivity contribution in [2.75, 3.05) is 13.6 Å². The molecule has 0 bridgehead atoms. The number of rotatable bonds is 4. The van der Waals surface area contributed by atoms with Crippen molar-refractivity contribution in [3.05, 3.63) is 0 Å². The maximum absolute atomic E-state index is 9.02. The second-order valence-corrected chi connectivity index (χ2v) is 7.12. The Bertz CT molecular complexity index is 276. The van der Waals surface area contributed by atoms with E-state index in [-0.39, 0.29) is 5.41 Å². The van der Waals surface area contributed by atoms with Crippen molar-refractivity contribution < 1.29 is 0 Å². The highest BCUT2D eigenvalue weighted by molar-refractivity contribution is 4.92. The zero-order valence-electron chi connectivity index (χ0n) is 12.2. The molecule has 0 unspecified atom stereocenters. The van der Waals surface area contributed by atoms with E-state index in [4.69, 9.17) is 5.26 Å². The van der Waals surface area contributed by atoms with Gasteiger partial charge in [0.25, 0.3) is 0 Å². The smallest absolute Gasteiger partial charge is 0.0684 e. The first-order valence-corrected chi connectivity index (χ1v) is 6.87. The van der Waals surface area contributed by atoms with Gasteiger partial charge in [0.05, 0.1) is 11.5 Å². The van der Waals surface area contributed by atoms with Crippen LogP contribution in [0, 0.1) is 22.2 Å². The van der Waals surface area contributed by atoms with E-state index in [1.807, 2.05) is 13.8 Å². The van der Waals surface area contributed by atoms with E-state index in [2.05, 4.69) is 31.9 Å². The summed E-state index contributed by atoms with van der Waals surface area (Å²) in [4.78, 5) is 2.47. The fourth-order valence-corrected chi connectivity index (χ4v) is 2.52. The molecule has 0 aromatic carbocycles. The Morgan fingerprint density at radius 1 is 1.29 bits per heavy atom. The van der Waals surface area contributed by atoms with Gasteiger partial charge in [-0.05, 0) is 65.0 Å². The monoisotopic (exact) mass is 236 g/mol. The Hall–Kier alpha value is -0.550. The van der Waals surface area contributed by atoms with Crippen LogP contribution in [-0.2, 0) is 0 Å². The molecule has 0 atom stereocenters. The molecular weight excluding hydrogens is 208 g/mol. The highest BCUT2D eigenvalue weighted by atomic mass is 15.1. The van der Waals surface area contributed by atoms with E-state index in [1.54, 1.807) is 0 Å². The third-order valence-corrected chi connectivity index (χ3v) is 4.32. The maximum atomic E-state index is 9.02. The van der Waals surface area contributed by atoms with Crippen LogP contribution in [0.15, 0.2) is 0 Å². The molecule has 1 saturated carbocycles. The topological polar surface area (TPSA) is 27.0 Å². The lowest BCUT2D eigenvalue weighted by atomic mass is 9.75. The first-order chi connectivity index (χ1) is 7.76. The quantitative estimate of drug-likeness (QED) is 0.742. The van der Waals surface area contributed by atoms with Gasteiger partial charge in [-0.2, -0.15) is 5.26 Å². The van der Waals surface area contributed by atoms with Crippen molar-refractivity contribution >= 4 is 0 Å². The number of hydrogen-bond donors (Lipinski definition) is 0. The summed E-state index contributed by atoms with van der Waals surface area (Å²) in [6.45, 7) is 9.87. The molecule has 0 saturated heterocycles. The van der Waals surface area contributed by atoms with Gasteiger partial charge in [-0.1, -0.05) is 13.8 Å². The molecule has 98 valence electrons. The van der Waals surface area contributed by atoms with E-state index < -0.39 is 0 Å². The van der Waals surface area contributed by atoms with Crippen LogP contribution in [0.2, 0.25) is 0 Å². The molecule has 17 heavy (non-hydrogen) atoms. The summed E-state index contributed by atoms with van der Waals surface area (Å²) in [6, 6.07) is 3.12. The fourth-order valence-electron chi connectivity index (χ4n) is 2.52. The molecule has 2 heteroatoms. The van der Waals surface area contributed by atoms with Gasteiger partial charge in [0.2, 0.25) is 0 Å². The van der Waals surface area contributed by atoms with Crippen LogP contribution in [0.1, 0.15) is 59.8 Å². The standard InChI is InChI=1S/C15H28N2/c1-14(2)8-6-13(7-9-14)17(5)11-10-15(3,4)12-16/h13H,6-11H2,1-5H3. The minimum Gasteiger partial charge on any atom is -0.303 e. The fraction of sp³-hybridized carbons (Fsp3) is 0.933. The minimum atomic E-state index is -0.178. The number of hydrogen-bond acceptors (Lipinski definition) is 2. The first-order valence-electron chi connectivity index (χ1n) is 6.87. The molecular formula is C15H28N2. The van der Waals surface area contributed by atoms with Gasteiger partial charge in [-0.3, -0.25) is 0 Å². The SMILES string of the molecule is CN(CCC(C)(C)C#N)C1CCC(C)(C)CC1. The molecule has 0 aliphatic heterocycles. The molecule has 1 fully saturated rings. The molecule has 2 nitrogen and oxygen atoms in total. The van der Waals surface area contributed by atoms with E-state index in [1.165, 1.54) is 25.7 Å². The maximum Gasteiger partial charge on any atom is 0.0684 e. The van der Waals surface area contributed by atoms with E-state index in [9.17, 15) is 0 Å². The summed E-state index contributed by atoms with van der Waals surface area (Å²) in [5.74, 6) is 0. The molecule has 0 heterocycles. The van der Waals surface area contributed by atoms with Crippen molar-refractivity contribution in [3.63, 3.8) is 0 Å². The van der Waals surface area contributed by atoms with Gasteiger partial charge >= 0.3 is 0 Å². The van der Waals surface area contributed by atoms with Crippen LogP contribution in [0.5, 0.6) is 0 Å². The molecule has 0 aromatic heterocycles. The average molecular weight is 236 g/mol. The van der Waals surface area contributed by atoms with Crippen molar-refractivity contribution in [1.82, 2.24) is 4.90 Å². The van der Waals surface area contributed by atoms with Gasteiger partial charge in [0, 0.05) is 6.04 Å². The largest absolute Gasteiger partial charge is 0.303 e. The molecule has 1 aliphatic rings. The summed E-state index contributed by atoms with van der Waals surface area (Å²) < 4.78 is 0. The van der Waals surface area contributed by atoms with E-state index >= 15 is 0 Å². The predicted octanol–water partition coefficient (Wildman–Crippen LogP) is 3.83. The zero-order chi connectivity index (χ0) is 13.1. The normalized spacial score (nSPS) is 21.5. The van der Waals surface area contributed by atoms with Crippen LogP contribution in [0.25, 0.3) is 0 Å². The molecule has 0 amide bonds. The summed E-state index contributed by atoms with van der Waals surface area (Å²) >= 11 is 0. The van der Waals surface area contributed by atoms with Gasteiger partial charge in [-0.25, -0.2) is 0 Å². The summed E-state index contributed by atoms with van der Waals surface area (Å²) in [7, 11) is 2.22. The minimum absolute atomic E-state index is 0.178. The first kappa shape index (κ1) is 14.5. The average Bonchev–Trinajstić information content (AvgIpc) is 2.26. The predicted molar refractivity (Wildman–Crippen MR) is 72.7 cm³/mol. The summed E-state index contributed by atoms with van der Waals surface area (Å²) in [5.41, 5.74) is 0.367. The van der Waals surface area contributed by atoms with Crippen LogP contribution in [0.4, 0.5) is 0 Å². The van der Waals surface area contributed by atoms with Crippen LogP contribution in [-0.4, -0.2) is 24.5 Å². The second-order valence-electron chi connectivity index (χ2n) is 7.12. The highest BCUT2D eigenvalue weighted by Gasteiger charge is 2.29. The van der Waals surface area contributed by atoms with Crippen LogP contribution >= 0.6 is 0 Å². The number of nitriles is 1. The lowest BCUT2D eigenvalue weighted by Gasteiger charge is -2.39. The highest BCUT2D eigenvalue weighted by Crippen LogP contribution is 2.36. The van der Waals surface area contributed by atoms with Gasteiger partial charge < -0.3 is 4.90 Å². The number of nitrogens with zero attached hydrogens (tertiary/aromatic N) is 2. The van der Waals surface area contributed by atoms with E-state index in [0.717, 1.165) is 19.0 Å². The molecule has 0 aromatic rings. The Morgan fingerprint density at radius 2 is 1.82 bits per heavy atom. The summed E-state index contributed by atoms with van der Waals surface area (Å²) in [6.07, 6.45) is 6.28. The Kier molecular flexibility index (Phi) is 4.61. The van der Waals surface area contributed by atoms with E-state index in [0.29, 0.717) is 5.41 Å². The van der Waals surface area contributed by atoms with Crippen molar-refractivity contribution in [2.24, 2.45) is 10.8 Å². The Balaban J connectivity index is 2.35. The third kappa shape index (κ3) is 4.68. The van der Waals surface area contributed by atoms with Gasteiger partial charge in [-0.15, -0.1) is 0 Å². The lowest BCUT2D eigenvalue weighted by molar-refractivity contribution is 0.120. The second kappa shape index (κ2) is 5.40. The van der Waals surface area contributed by atoms with Crippen molar-refractivity contribution in [2.45, 2.75) is 65.8 Å². The molecule has 1 rings (SSSR count). The molecule has 1 aliphatic carbocycles. The van der Waals surface area contributed by atoms with Gasteiger partial charge in [0.1, 0.15) is 0 Å². The van der Waals surface area contributed by atoms with Crippen LogP contribution < -0.4 is 0 Å². The van der Waals surface area contributed by atoms with Crippen molar-refractivity contribution in [3.8, 4) is 6.07 Å².